The second-order valence-electron chi connectivity index (χ2n) is 6.23. The molecule has 8 heteroatoms. The number of nitro groups is 1. The van der Waals surface area contributed by atoms with E-state index in [0.717, 1.165) is 36.5 Å². The topological polar surface area (TPSA) is 49.6 Å². The summed E-state index contributed by atoms with van der Waals surface area (Å²) in [5.41, 5.74) is 1.08. The van der Waals surface area contributed by atoms with Gasteiger partial charge in [-0.15, -0.1) is 0 Å². The van der Waals surface area contributed by atoms with Crippen LogP contribution in [-0.4, -0.2) is 36.0 Å². The van der Waals surface area contributed by atoms with Gasteiger partial charge < -0.3 is 4.90 Å². The Balaban J connectivity index is 1.57. The van der Waals surface area contributed by atoms with Crippen LogP contribution >= 0.6 is 0 Å². The molecule has 26 heavy (non-hydrogen) atoms. The van der Waals surface area contributed by atoms with Gasteiger partial charge in [0.25, 0.3) is 5.69 Å². The van der Waals surface area contributed by atoms with Crippen LogP contribution in [0.5, 0.6) is 0 Å². The van der Waals surface area contributed by atoms with E-state index in [1.165, 1.54) is 18.2 Å². The van der Waals surface area contributed by atoms with Crippen LogP contribution in [0.2, 0.25) is 0 Å². The van der Waals surface area contributed by atoms with Crippen molar-refractivity contribution >= 4 is 11.4 Å². The third kappa shape index (κ3) is 4.32. The predicted molar refractivity (Wildman–Crippen MR) is 92.0 cm³/mol. The fourth-order valence-electron chi connectivity index (χ4n) is 3.05. The lowest BCUT2D eigenvalue weighted by Gasteiger charge is -2.36. The van der Waals surface area contributed by atoms with Gasteiger partial charge in [-0.3, -0.25) is 15.0 Å². The monoisotopic (exact) mass is 365 g/mol. The summed E-state index contributed by atoms with van der Waals surface area (Å²) < 4.78 is 37.9. The first-order valence-electron chi connectivity index (χ1n) is 8.21. The Morgan fingerprint density at radius 3 is 2.23 bits per heavy atom. The molecule has 0 N–H and O–H groups in total. The highest BCUT2D eigenvalue weighted by molar-refractivity contribution is 5.48. The van der Waals surface area contributed by atoms with Crippen molar-refractivity contribution < 1.29 is 18.1 Å². The summed E-state index contributed by atoms with van der Waals surface area (Å²) >= 11 is 0. The van der Waals surface area contributed by atoms with Crippen molar-refractivity contribution in [2.75, 3.05) is 31.1 Å². The van der Waals surface area contributed by atoms with Gasteiger partial charge in [-0.05, 0) is 29.8 Å². The summed E-state index contributed by atoms with van der Waals surface area (Å²) in [6.45, 7) is 3.48. The summed E-state index contributed by atoms with van der Waals surface area (Å²) in [6, 6.07) is 11.8. The molecule has 1 saturated heterocycles. The number of rotatable bonds is 4. The van der Waals surface area contributed by atoms with Gasteiger partial charge in [-0.1, -0.05) is 12.1 Å². The number of non-ortho nitro benzene ring substituents is 1. The molecule has 0 aliphatic carbocycles. The summed E-state index contributed by atoms with van der Waals surface area (Å²) in [5.74, 6) is 0. The number of alkyl halides is 3. The molecule has 0 atom stereocenters. The molecule has 0 aromatic heterocycles. The summed E-state index contributed by atoms with van der Waals surface area (Å²) in [4.78, 5) is 14.7. The molecule has 0 bridgehead atoms. The number of hydrogen-bond donors (Lipinski definition) is 0. The molecule has 1 heterocycles. The zero-order valence-corrected chi connectivity index (χ0v) is 13.9. The normalized spacial score (nSPS) is 15.9. The molecule has 3 rings (SSSR count). The Kier molecular flexibility index (Phi) is 5.13. The third-order valence-electron chi connectivity index (χ3n) is 4.46. The van der Waals surface area contributed by atoms with E-state index in [1.54, 1.807) is 12.1 Å². The molecule has 5 nitrogen and oxygen atoms in total. The highest BCUT2D eigenvalue weighted by Gasteiger charge is 2.30. The lowest BCUT2D eigenvalue weighted by molar-refractivity contribution is -0.384. The maximum atomic E-state index is 12.6. The Morgan fingerprint density at radius 2 is 1.65 bits per heavy atom. The van der Waals surface area contributed by atoms with Gasteiger partial charge >= 0.3 is 6.18 Å². The van der Waals surface area contributed by atoms with Crippen LogP contribution in [0.25, 0.3) is 0 Å². The minimum atomic E-state index is -4.32. The van der Waals surface area contributed by atoms with Crippen molar-refractivity contribution in [1.82, 2.24) is 4.90 Å². The number of anilines is 1. The van der Waals surface area contributed by atoms with Crippen LogP contribution in [0.4, 0.5) is 24.5 Å². The van der Waals surface area contributed by atoms with Crippen molar-refractivity contribution in [2.45, 2.75) is 12.7 Å². The Bertz CT molecular complexity index is 770. The predicted octanol–water partition coefficient (Wildman–Crippen LogP) is 3.94. The number of halogens is 3. The Hall–Kier alpha value is -2.61. The SMILES string of the molecule is O=[N+]([O-])c1cccc(CN2CCN(c3ccc(C(F)(F)F)cc3)CC2)c1. The second kappa shape index (κ2) is 7.33. The molecular weight excluding hydrogens is 347 g/mol. The number of piperazine rings is 1. The van der Waals surface area contributed by atoms with Crippen LogP contribution in [0, 0.1) is 10.1 Å². The molecule has 1 aliphatic rings. The minimum Gasteiger partial charge on any atom is -0.369 e. The number of benzene rings is 2. The van der Waals surface area contributed by atoms with E-state index >= 15 is 0 Å². The van der Waals surface area contributed by atoms with Gasteiger partial charge in [0, 0.05) is 50.5 Å². The highest BCUT2D eigenvalue weighted by Crippen LogP contribution is 2.30. The first-order valence-corrected chi connectivity index (χ1v) is 8.21. The molecule has 2 aromatic rings. The van der Waals surface area contributed by atoms with Gasteiger partial charge in [0.15, 0.2) is 0 Å². The van der Waals surface area contributed by atoms with E-state index in [-0.39, 0.29) is 5.69 Å². The van der Waals surface area contributed by atoms with Gasteiger partial charge in [0.05, 0.1) is 10.5 Å². The molecule has 0 amide bonds. The van der Waals surface area contributed by atoms with Crippen LogP contribution in [0.3, 0.4) is 0 Å². The van der Waals surface area contributed by atoms with Gasteiger partial charge in [-0.25, -0.2) is 0 Å². The summed E-state index contributed by atoms with van der Waals surface area (Å²) in [7, 11) is 0. The summed E-state index contributed by atoms with van der Waals surface area (Å²) in [5, 5.41) is 10.8. The number of hydrogen-bond acceptors (Lipinski definition) is 4. The molecule has 138 valence electrons. The van der Waals surface area contributed by atoms with Crippen LogP contribution in [0.1, 0.15) is 11.1 Å². The maximum Gasteiger partial charge on any atom is 0.416 e. The quantitative estimate of drug-likeness (QED) is 0.608. The van der Waals surface area contributed by atoms with E-state index < -0.39 is 16.7 Å². The molecular formula is C18H18F3N3O2. The van der Waals surface area contributed by atoms with Crippen molar-refractivity contribution in [3.05, 3.63) is 69.8 Å². The number of nitrogens with zero attached hydrogens (tertiary/aromatic N) is 3. The zero-order chi connectivity index (χ0) is 18.7. The van der Waals surface area contributed by atoms with E-state index in [0.29, 0.717) is 19.6 Å². The molecule has 1 aliphatic heterocycles. The van der Waals surface area contributed by atoms with E-state index in [9.17, 15) is 23.3 Å². The molecule has 0 unspecified atom stereocenters. The summed E-state index contributed by atoms with van der Waals surface area (Å²) in [6.07, 6.45) is -4.32. The highest BCUT2D eigenvalue weighted by atomic mass is 19.4. The maximum absolute atomic E-state index is 12.6. The fourth-order valence-corrected chi connectivity index (χ4v) is 3.05. The Labute approximate surface area is 148 Å². The largest absolute Gasteiger partial charge is 0.416 e. The molecule has 0 radical (unpaired) electrons. The van der Waals surface area contributed by atoms with Crippen molar-refractivity contribution in [3.8, 4) is 0 Å². The van der Waals surface area contributed by atoms with E-state index in [4.69, 9.17) is 0 Å². The Morgan fingerprint density at radius 1 is 1.00 bits per heavy atom. The second-order valence-corrected chi connectivity index (χ2v) is 6.23. The first-order chi connectivity index (χ1) is 12.3. The fraction of sp³-hybridized carbons (Fsp3) is 0.333. The van der Waals surface area contributed by atoms with Crippen molar-refractivity contribution in [1.29, 1.82) is 0 Å². The van der Waals surface area contributed by atoms with Crippen molar-refractivity contribution in [3.63, 3.8) is 0 Å². The standard InChI is InChI=1S/C18H18F3N3O2/c19-18(20,21)15-4-6-16(7-5-15)23-10-8-22(9-11-23)13-14-2-1-3-17(12-14)24(25)26/h1-7,12H,8-11,13H2. The average molecular weight is 365 g/mol. The minimum absolute atomic E-state index is 0.0749. The molecule has 1 fully saturated rings. The van der Waals surface area contributed by atoms with Gasteiger partial charge in [-0.2, -0.15) is 13.2 Å². The van der Waals surface area contributed by atoms with Crippen LogP contribution < -0.4 is 4.90 Å². The lowest BCUT2D eigenvalue weighted by atomic mass is 10.1. The molecule has 0 saturated carbocycles. The van der Waals surface area contributed by atoms with Crippen LogP contribution in [0.15, 0.2) is 48.5 Å². The number of nitro benzene ring substituents is 1. The third-order valence-corrected chi connectivity index (χ3v) is 4.46. The first kappa shape index (κ1) is 18.2. The zero-order valence-electron chi connectivity index (χ0n) is 13.9. The van der Waals surface area contributed by atoms with E-state index in [1.807, 2.05) is 11.0 Å². The van der Waals surface area contributed by atoms with Gasteiger partial charge in [0.2, 0.25) is 0 Å². The van der Waals surface area contributed by atoms with Gasteiger partial charge in [0.1, 0.15) is 0 Å². The molecule has 2 aromatic carbocycles. The van der Waals surface area contributed by atoms with E-state index in [2.05, 4.69) is 4.90 Å². The lowest BCUT2D eigenvalue weighted by Crippen LogP contribution is -2.45. The smallest absolute Gasteiger partial charge is 0.369 e. The average Bonchev–Trinajstić information content (AvgIpc) is 2.62. The molecule has 0 spiro atoms. The van der Waals surface area contributed by atoms with Crippen LogP contribution in [-0.2, 0) is 12.7 Å². The van der Waals surface area contributed by atoms with Crippen molar-refractivity contribution in [2.24, 2.45) is 0 Å².